The van der Waals surface area contributed by atoms with Crippen molar-refractivity contribution in [3.05, 3.63) is 45.3 Å². The molecule has 0 radical (unpaired) electrons. The van der Waals surface area contributed by atoms with Gasteiger partial charge in [-0.25, -0.2) is 4.79 Å². The second-order valence-electron chi connectivity index (χ2n) is 4.98. The standard InChI is InChI=1S/C15H10ClF3N2O4S/c1-6-9(13(23)24)12(21-14(25)15(17,18)19)26-10(6)11(22)20-8-4-2-7(16)3-5-8/h2-5H,1H3,(H,20,22)(H,21,25)(H,23,24). The summed E-state index contributed by atoms with van der Waals surface area (Å²) in [4.78, 5) is 34.6. The van der Waals surface area contributed by atoms with Crippen LogP contribution >= 0.6 is 22.9 Å². The van der Waals surface area contributed by atoms with Crippen molar-refractivity contribution in [1.82, 2.24) is 0 Å². The molecule has 1 aromatic carbocycles. The molecule has 1 aromatic heterocycles. The van der Waals surface area contributed by atoms with Gasteiger partial charge in [0.1, 0.15) is 5.00 Å². The Morgan fingerprint density at radius 1 is 1.12 bits per heavy atom. The van der Waals surface area contributed by atoms with Crippen LogP contribution in [0.2, 0.25) is 5.02 Å². The Morgan fingerprint density at radius 3 is 2.19 bits per heavy atom. The highest BCUT2D eigenvalue weighted by Gasteiger charge is 2.40. The number of alkyl halides is 3. The third-order valence-corrected chi connectivity index (χ3v) is 4.61. The third kappa shape index (κ3) is 4.33. The monoisotopic (exact) mass is 406 g/mol. The fourth-order valence-corrected chi connectivity index (χ4v) is 3.19. The predicted molar refractivity (Wildman–Crippen MR) is 90.1 cm³/mol. The number of carbonyl (C=O) groups excluding carboxylic acids is 2. The molecule has 0 aliphatic rings. The van der Waals surface area contributed by atoms with Crippen LogP contribution in [0.15, 0.2) is 24.3 Å². The molecule has 11 heteroatoms. The fourth-order valence-electron chi connectivity index (χ4n) is 1.97. The molecule has 0 atom stereocenters. The lowest BCUT2D eigenvalue weighted by Crippen LogP contribution is -2.30. The Kier molecular flexibility index (Phi) is 5.57. The second-order valence-corrected chi connectivity index (χ2v) is 6.44. The molecular formula is C15H10ClF3N2O4S. The summed E-state index contributed by atoms with van der Waals surface area (Å²) in [7, 11) is 0. The molecule has 1 heterocycles. The summed E-state index contributed by atoms with van der Waals surface area (Å²) in [5, 5.41) is 13.0. The van der Waals surface area contributed by atoms with Crippen LogP contribution in [0, 0.1) is 6.92 Å². The van der Waals surface area contributed by atoms with Gasteiger partial charge >= 0.3 is 18.1 Å². The summed E-state index contributed by atoms with van der Waals surface area (Å²) < 4.78 is 37.2. The molecule has 0 saturated heterocycles. The van der Waals surface area contributed by atoms with Crippen LogP contribution in [0.25, 0.3) is 0 Å². The SMILES string of the molecule is Cc1c(C(=O)Nc2ccc(Cl)cc2)sc(NC(=O)C(F)(F)F)c1C(=O)O. The van der Waals surface area contributed by atoms with Gasteiger partial charge in [-0.05, 0) is 36.8 Å². The number of rotatable bonds is 4. The lowest BCUT2D eigenvalue weighted by Gasteiger charge is -2.06. The first-order valence-electron chi connectivity index (χ1n) is 6.82. The van der Waals surface area contributed by atoms with Crippen LogP contribution in [0.4, 0.5) is 23.9 Å². The fraction of sp³-hybridized carbons (Fsp3) is 0.133. The Bertz CT molecular complexity index is 878. The second kappa shape index (κ2) is 7.34. The van der Waals surface area contributed by atoms with Crippen molar-refractivity contribution < 1.29 is 32.7 Å². The van der Waals surface area contributed by atoms with Crippen LogP contribution in [-0.2, 0) is 4.79 Å². The first kappa shape index (κ1) is 19.7. The topological polar surface area (TPSA) is 95.5 Å². The highest BCUT2D eigenvalue weighted by atomic mass is 35.5. The van der Waals surface area contributed by atoms with Gasteiger partial charge in [0.15, 0.2) is 0 Å². The molecule has 0 aliphatic carbocycles. The zero-order chi connectivity index (χ0) is 19.6. The number of benzene rings is 1. The van der Waals surface area contributed by atoms with E-state index in [1.54, 1.807) is 0 Å². The van der Waals surface area contributed by atoms with E-state index in [1.165, 1.54) is 36.5 Å². The van der Waals surface area contributed by atoms with Crippen molar-refractivity contribution in [3.63, 3.8) is 0 Å². The van der Waals surface area contributed by atoms with Gasteiger partial charge < -0.3 is 15.7 Å². The normalized spacial score (nSPS) is 11.1. The summed E-state index contributed by atoms with van der Waals surface area (Å²) in [6.07, 6.45) is -5.20. The number of anilines is 2. The minimum atomic E-state index is -5.20. The maximum atomic E-state index is 12.4. The van der Waals surface area contributed by atoms with Gasteiger partial charge in [-0.15, -0.1) is 11.3 Å². The summed E-state index contributed by atoms with van der Waals surface area (Å²) in [5.41, 5.74) is -0.287. The maximum Gasteiger partial charge on any atom is 0.471 e. The van der Waals surface area contributed by atoms with E-state index in [1.807, 2.05) is 0 Å². The lowest BCUT2D eigenvalue weighted by molar-refractivity contribution is -0.167. The number of halogens is 4. The van der Waals surface area contributed by atoms with Crippen LogP contribution in [0.5, 0.6) is 0 Å². The van der Waals surface area contributed by atoms with Crippen molar-refractivity contribution in [2.24, 2.45) is 0 Å². The number of thiophene rings is 1. The average molecular weight is 407 g/mol. The van der Waals surface area contributed by atoms with Crippen molar-refractivity contribution in [2.75, 3.05) is 10.6 Å². The van der Waals surface area contributed by atoms with E-state index in [0.29, 0.717) is 22.0 Å². The molecule has 0 unspecified atom stereocenters. The Morgan fingerprint density at radius 2 is 1.69 bits per heavy atom. The van der Waals surface area contributed by atoms with Crippen LogP contribution in [0.1, 0.15) is 25.6 Å². The third-order valence-electron chi connectivity index (χ3n) is 3.15. The summed E-state index contributed by atoms with van der Waals surface area (Å²) in [6, 6.07) is 6.01. The number of aromatic carboxylic acids is 1. The van der Waals surface area contributed by atoms with E-state index >= 15 is 0 Å². The zero-order valence-electron chi connectivity index (χ0n) is 12.9. The van der Waals surface area contributed by atoms with Crippen LogP contribution < -0.4 is 10.6 Å². The minimum absolute atomic E-state index is 0.0635. The first-order chi connectivity index (χ1) is 12.0. The molecule has 2 rings (SSSR count). The summed E-state index contributed by atoms with van der Waals surface area (Å²) in [6.45, 7) is 1.26. The van der Waals surface area contributed by atoms with E-state index in [-0.39, 0.29) is 10.4 Å². The number of carbonyl (C=O) groups is 3. The Balaban J connectivity index is 2.35. The largest absolute Gasteiger partial charge is 0.478 e. The van der Waals surface area contributed by atoms with E-state index in [0.717, 1.165) is 0 Å². The Labute approximate surface area is 153 Å². The van der Waals surface area contributed by atoms with Gasteiger partial charge in [-0.3, -0.25) is 9.59 Å². The molecule has 0 spiro atoms. The smallest absolute Gasteiger partial charge is 0.471 e. The molecule has 3 N–H and O–H groups in total. The van der Waals surface area contributed by atoms with Crippen molar-refractivity contribution in [3.8, 4) is 0 Å². The number of amides is 2. The van der Waals surface area contributed by atoms with Crippen LogP contribution in [-0.4, -0.2) is 29.1 Å². The summed E-state index contributed by atoms with van der Waals surface area (Å²) >= 11 is 6.17. The van der Waals surface area contributed by atoms with E-state index < -0.39 is 34.5 Å². The molecule has 6 nitrogen and oxygen atoms in total. The number of carboxylic acids is 1. The van der Waals surface area contributed by atoms with E-state index in [4.69, 9.17) is 11.6 Å². The average Bonchev–Trinajstić information content (AvgIpc) is 2.85. The first-order valence-corrected chi connectivity index (χ1v) is 8.02. The number of nitrogens with one attached hydrogen (secondary N) is 2. The molecule has 26 heavy (non-hydrogen) atoms. The number of hydrogen-bond acceptors (Lipinski definition) is 4. The molecule has 0 bridgehead atoms. The van der Waals surface area contributed by atoms with E-state index in [2.05, 4.69) is 5.32 Å². The van der Waals surface area contributed by atoms with Gasteiger partial charge in [0.25, 0.3) is 5.91 Å². The van der Waals surface area contributed by atoms with Crippen molar-refractivity contribution in [1.29, 1.82) is 0 Å². The summed E-state index contributed by atoms with van der Waals surface area (Å²) in [5.74, 6) is -4.63. The quantitative estimate of drug-likeness (QED) is 0.710. The molecule has 0 fully saturated rings. The van der Waals surface area contributed by atoms with Crippen molar-refractivity contribution in [2.45, 2.75) is 13.1 Å². The lowest BCUT2D eigenvalue weighted by atomic mass is 10.1. The van der Waals surface area contributed by atoms with Crippen molar-refractivity contribution >= 4 is 51.4 Å². The number of hydrogen-bond donors (Lipinski definition) is 3. The predicted octanol–water partition coefficient (Wildman–Crippen LogP) is 4.16. The van der Waals surface area contributed by atoms with Gasteiger partial charge in [0.2, 0.25) is 0 Å². The molecule has 0 saturated carbocycles. The van der Waals surface area contributed by atoms with E-state index in [9.17, 15) is 32.7 Å². The molecule has 2 aromatic rings. The minimum Gasteiger partial charge on any atom is -0.478 e. The van der Waals surface area contributed by atoms with Gasteiger partial charge in [0, 0.05) is 10.7 Å². The Hall–Kier alpha value is -2.59. The highest BCUT2D eigenvalue weighted by molar-refractivity contribution is 7.18. The zero-order valence-corrected chi connectivity index (χ0v) is 14.5. The molecule has 0 aliphatic heterocycles. The van der Waals surface area contributed by atoms with Gasteiger partial charge in [-0.1, -0.05) is 11.6 Å². The molecule has 2 amide bonds. The molecule has 138 valence electrons. The highest BCUT2D eigenvalue weighted by Crippen LogP contribution is 2.34. The molecular weight excluding hydrogens is 397 g/mol. The number of carboxylic acid groups (broad SMARTS) is 1. The maximum absolute atomic E-state index is 12.4. The van der Waals surface area contributed by atoms with Crippen LogP contribution in [0.3, 0.4) is 0 Å². The van der Waals surface area contributed by atoms with Gasteiger partial charge in [-0.2, -0.15) is 13.2 Å². The van der Waals surface area contributed by atoms with Gasteiger partial charge in [0.05, 0.1) is 10.4 Å².